The third kappa shape index (κ3) is 3.90. The molecule has 0 unspecified atom stereocenters. The Labute approximate surface area is 131 Å². The smallest absolute Gasteiger partial charge is 0.200 e. The highest BCUT2D eigenvalue weighted by Gasteiger charge is 2.07. The van der Waals surface area contributed by atoms with Crippen LogP contribution in [0.2, 0.25) is 0 Å². The molecule has 102 valence electrons. The molecule has 0 N–H and O–H groups in total. The van der Waals surface area contributed by atoms with E-state index in [4.69, 9.17) is 4.74 Å². The minimum atomic E-state index is -0.0883. The number of Topliss-reactive ketones (excluding diaryl/α,β-unsaturated/α-hetero) is 2. The van der Waals surface area contributed by atoms with Gasteiger partial charge in [-0.15, -0.1) is 0 Å². The van der Waals surface area contributed by atoms with Gasteiger partial charge in [0.1, 0.15) is 5.75 Å². The Morgan fingerprint density at radius 1 is 1.05 bits per heavy atom. The Balaban J connectivity index is 2.01. The van der Waals surface area contributed by atoms with Gasteiger partial charge >= 0.3 is 0 Å². The van der Waals surface area contributed by atoms with Crippen molar-refractivity contribution in [2.75, 3.05) is 6.61 Å². The van der Waals surface area contributed by atoms with E-state index in [0.717, 1.165) is 3.57 Å². The first-order valence-corrected chi connectivity index (χ1v) is 7.17. The van der Waals surface area contributed by atoms with Crippen molar-refractivity contribution in [3.8, 4) is 5.75 Å². The van der Waals surface area contributed by atoms with Gasteiger partial charge in [0.05, 0.1) is 0 Å². The molecule has 0 aliphatic rings. The molecular formula is C16H13IO3. The van der Waals surface area contributed by atoms with E-state index >= 15 is 0 Å². The minimum Gasteiger partial charge on any atom is -0.485 e. The Bertz CT molecular complexity index is 632. The van der Waals surface area contributed by atoms with E-state index in [1.165, 1.54) is 6.92 Å². The van der Waals surface area contributed by atoms with Crippen molar-refractivity contribution >= 4 is 34.2 Å². The molecule has 0 saturated carbocycles. The molecule has 0 spiro atoms. The molecule has 20 heavy (non-hydrogen) atoms. The normalized spacial score (nSPS) is 10.1. The molecule has 2 rings (SSSR count). The third-order valence-corrected chi connectivity index (χ3v) is 3.50. The van der Waals surface area contributed by atoms with Crippen molar-refractivity contribution in [1.29, 1.82) is 0 Å². The molecule has 0 heterocycles. The maximum atomic E-state index is 12.0. The predicted molar refractivity (Wildman–Crippen MR) is 85.4 cm³/mol. The number of hydrogen-bond donors (Lipinski definition) is 0. The lowest BCUT2D eigenvalue weighted by atomic mass is 10.1. The number of benzene rings is 2. The van der Waals surface area contributed by atoms with Gasteiger partial charge in [-0.05, 0) is 53.8 Å². The molecule has 2 aromatic carbocycles. The van der Waals surface area contributed by atoms with Gasteiger partial charge in [0, 0.05) is 14.7 Å². The zero-order chi connectivity index (χ0) is 14.5. The predicted octanol–water partition coefficient (Wildman–Crippen LogP) is 3.76. The zero-order valence-electron chi connectivity index (χ0n) is 10.9. The summed E-state index contributed by atoms with van der Waals surface area (Å²) in [7, 11) is 0. The SMILES string of the molecule is CC(=O)c1cccc(OCC(=O)c2ccc(I)cc2)c1. The molecule has 0 fully saturated rings. The second kappa shape index (κ2) is 6.65. The van der Waals surface area contributed by atoms with E-state index in [2.05, 4.69) is 22.6 Å². The first-order chi connectivity index (χ1) is 9.56. The fourth-order valence-corrected chi connectivity index (χ4v) is 2.03. The van der Waals surface area contributed by atoms with Crippen molar-refractivity contribution in [3.63, 3.8) is 0 Å². The Morgan fingerprint density at radius 3 is 2.40 bits per heavy atom. The number of halogens is 1. The molecule has 0 aromatic heterocycles. The number of ether oxygens (including phenoxy) is 1. The molecule has 0 amide bonds. The van der Waals surface area contributed by atoms with Crippen LogP contribution in [0.1, 0.15) is 27.6 Å². The van der Waals surface area contributed by atoms with Crippen LogP contribution in [0, 0.1) is 3.57 Å². The topological polar surface area (TPSA) is 43.4 Å². The van der Waals surface area contributed by atoms with Crippen LogP contribution >= 0.6 is 22.6 Å². The Morgan fingerprint density at radius 2 is 1.75 bits per heavy atom. The zero-order valence-corrected chi connectivity index (χ0v) is 13.1. The van der Waals surface area contributed by atoms with Gasteiger partial charge in [-0.1, -0.05) is 24.3 Å². The summed E-state index contributed by atoms with van der Waals surface area (Å²) in [6.07, 6.45) is 0. The quantitative estimate of drug-likeness (QED) is 0.586. The summed E-state index contributed by atoms with van der Waals surface area (Å²) in [5, 5.41) is 0. The van der Waals surface area contributed by atoms with E-state index in [0.29, 0.717) is 16.9 Å². The highest BCUT2D eigenvalue weighted by molar-refractivity contribution is 14.1. The molecule has 0 bridgehead atoms. The summed E-state index contributed by atoms with van der Waals surface area (Å²) in [5.74, 6) is 0.408. The van der Waals surface area contributed by atoms with Gasteiger partial charge in [-0.2, -0.15) is 0 Å². The van der Waals surface area contributed by atoms with Crippen molar-refractivity contribution in [2.45, 2.75) is 6.92 Å². The van der Waals surface area contributed by atoms with Crippen LogP contribution in [0.5, 0.6) is 5.75 Å². The van der Waals surface area contributed by atoms with E-state index in [1.807, 2.05) is 12.1 Å². The summed E-state index contributed by atoms with van der Waals surface area (Å²) >= 11 is 2.19. The molecule has 0 aliphatic heterocycles. The highest BCUT2D eigenvalue weighted by Crippen LogP contribution is 2.14. The summed E-state index contributed by atoms with van der Waals surface area (Å²) in [4.78, 5) is 23.2. The summed E-state index contributed by atoms with van der Waals surface area (Å²) in [5.41, 5.74) is 1.19. The number of carbonyl (C=O) groups is 2. The summed E-state index contributed by atoms with van der Waals surface area (Å²) in [6.45, 7) is 1.46. The number of rotatable bonds is 5. The lowest BCUT2D eigenvalue weighted by molar-refractivity contribution is 0.0921. The summed E-state index contributed by atoms with van der Waals surface area (Å²) in [6, 6.07) is 14.1. The fourth-order valence-electron chi connectivity index (χ4n) is 1.67. The van der Waals surface area contributed by atoms with Crippen molar-refractivity contribution in [1.82, 2.24) is 0 Å². The van der Waals surface area contributed by atoms with Crippen LogP contribution in [-0.4, -0.2) is 18.2 Å². The summed E-state index contributed by atoms with van der Waals surface area (Å²) < 4.78 is 6.52. The van der Waals surface area contributed by atoms with Crippen LogP contribution in [0.25, 0.3) is 0 Å². The number of ketones is 2. The number of carbonyl (C=O) groups excluding carboxylic acids is 2. The maximum Gasteiger partial charge on any atom is 0.200 e. The molecule has 4 heteroatoms. The van der Waals surface area contributed by atoms with Crippen LogP contribution < -0.4 is 4.74 Å². The van der Waals surface area contributed by atoms with Crippen molar-refractivity contribution in [3.05, 3.63) is 63.2 Å². The Hall–Kier alpha value is -1.69. The average molecular weight is 380 g/mol. The van der Waals surface area contributed by atoms with Gasteiger partial charge in [0.2, 0.25) is 0 Å². The van der Waals surface area contributed by atoms with Gasteiger partial charge in [0.25, 0.3) is 0 Å². The van der Waals surface area contributed by atoms with E-state index in [9.17, 15) is 9.59 Å². The fraction of sp³-hybridized carbons (Fsp3) is 0.125. The van der Waals surface area contributed by atoms with Crippen LogP contribution in [0.15, 0.2) is 48.5 Å². The molecule has 0 aliphatic carbocycles. The standard InChI is InChI=1S/C16H13IO3/c1-11(18)13-3-2-4-15(9-13)20-10-16(19)12-5-7-14(17)8-6-12/h2-9H,10H2,1H3. The molecular weight excluding hydrogens is 367 g/mol. The van der Waals surface area contributed by atoms with Crippen molar-refractivity contribution < 1.29 is 14.3 Å². The van der Waals surface area contributed by atoms with Gasteiger partial charge in [-0.3, -0.25) is 9.59 Å². The van der Waals surface area contributed by atoms with Crippen LogP contribution in [0.3, 0.4) is 0 Å². The molecule has 2 aromatic rings. The third-order valence-electron chi connectivity index (χ3n) is 2.78. The van der Waals surface area contributed by atoms with Crippen LogP contribution in [-0.2, 0) is 0 Å². The van der Waals surface area contributed by atoms with E-state index in [1.54, 1.807) is 36.4 Å². The molecule has 3 nitrogen and oxygen atoms in total. The number of hydrogen-bond acceptors (Lipinski definition) is 3. The first kappa shape index (κ1) is 14.7. The lowest BCUT2D eigenvalue weighted by Gasteiger charge is -2.06. The molecule has 0 saturated heterocycles. The molecule has 0 radical (unpaired) electrons. The second-order valence-electron chi connectivity index (χ2n) is 4.30. The maximum absolute atomic E-state index is 12.0. The first-order valence-electron chi connectivity index (χ1n) is 6.09. The van der Waals surface area contributed by atoms with E-state index in [-0.39, 0.29) is 18.2 Å². The Kier molecular flexibility index (Phi) is 4.89. The van der Waals surface area contributed by atoms with E-state index < -0.39 is 0 Å². The van der Waals surface area contributed by atoms with Gasteiger partial charge < -0.3 is 4.74 Å². The average Bonchev–Trinajstić information content (AvgIpc) is 2.46. The van der Waals surface area contributed by atoms with Gasteiger partial charge in [0.15, 0.2) is 18.2 Å². The largest absolute Gasteiger partial charge is 0.485 e. The van der Waals surface area contributed by atoms with Gasteiger partial charge in [-0.25, -0.2) is 0 Å². The minimum absolute atomic E-state index is 0.0283. The highest BCUT2D eigenvalue weighted by atomic mass is 127. The second-order valence-corrected chi connectivity index (χ2v) is 5.55. The lowest BCUT2D eigenvalue weighted by Crippen LogP contribution is -2.11. The van der Waals surface area contributed by atoms with Crippen LogP contribution in [0.4, 0.5) is 0 Å². The molecule has 0 atom stereocenters. The monoisotopic (exact) mass is 380 g/mol. The van der Waals surface area contributed by atoms with Crippen molar-refractivity contribution in [2.24, 2.45) is 0 Å².